The van der Waals surface area contributed by atoms with Crippen molar-refractivity contribution in [1.29, 1.82) is 0 Å². The fourth-order valence-corrected chi connectivity index (χ4v) is 2.60. The summed E-state index contributed by atoms with van der Waals surface area (Å²) in [6, 6.07) is 13.7. The predicted molar refractivity (Wildman–Crippen MR) is 116 cm³/mol. The number of nitrogens with zero attached hydrogens (tertiary/aromatic N) is 2. The molecule has 0 radical (unpaired) electrons. The van der Waals surface area contributed by atoms with Crippen molar-refractivity contribution in [1.82, 2.24) is 15.3 Å². The van der Waals surface area contributed by atoms with Crippen LogP contribution in [0.4, 0.5) is 10.6 Å². The molecule has 7 nitrogen and oxygen atoms in total. The van der Waals surface area contributed by atoms with E-state index in [1.165, 1.54) is 6.07 Å². The first-order valence-electron chi connectivity index (χ1n) is 9.32. The van der Waals surface area contributed by atoms with Crippen LogP contribution in [0, 0.1) is 11.8 Å². The number of benzene rings is 1. The number of nitrogens with one attached hydrogen (secondary N) is 2. The van der Waals surface area contributed by atoms with Crippen LogP contribution in [-0.2, 0) is 0 Å². The van der Waals surface area contributed by atoms with Gasteiger partial charge in [-0.05, 0) is 50.2 Å². The molecule has 0 bridgehead atoms. The molecule has 30 heavy (non-hydrogen) atoms. The third-order valence-electron chi connectivity index (χ3n) is 3.96. The lowest BCUT2D eigenvalue weighted by atomic mass is 10.1. The average molecular weight is 399 g/mol. The van der Waals surface area contributed by atoms with Gasteiger partial charge in [-0.25, -0.2) is 9.78 Å². The second kappa shape index (κ2) is 9.34. The number of pyridine rings is 2. The largest absolute Gasteiger partial charge is 0.366 e. The molecule has 0 spiro atoms. The molecule has 4 N–H and O–H groups in total. The summed E-state index contributed by atoms with van der Waals surface area (Å²) >= 11 is 0. The Balaban J connectivity index is 1.86. The number of hydrogen-bond donors (Lipinski definition) is 3. The highest BCUT2D eigenvalue weighted by Gasteiger charge is 2.11. The summed E-state index contributed by atoms with van der Waals surface area (Å²) in [7, 11) is 0. The summed E-state index contributed by atoms with van der Waals surface area (Å²) in [4.78, 5) is 32.2. The second-order valence-electron chi connectivity index (χ2n) is 6.81. The van der Waals surface area contributed by atoms with E-state index in [0.717, 1.165) is 16.7 Å². The molecule has 1 aromatic carbocycles. The van der Waals surface area contributed by atoms with Gasteiger partial charge in [0, 0.05) is 40.7 Å². The van der Waals surface area contributed by atoms with Gasteiger partial charge >= 0.3 is 6.03 Å². The molecule has 2 aromatic heterocycles. The SMILES string of the molecule is CC(C)NC(=O)Nc1cc(C(N)=O)cc(-c2ccc(C#Cc3cccnc3)cc2)n1. The minimum atomic E-state index is -0.607. The maximum absolute atomic E-state index is 12.0. The molecule has 0 fully saturated rings. The minimum Gasteiger partial charge on any atom is -0.366 e. The zero-order valence-corrected chi connectivity index (χ0v) is 16.6. The first kappa shape index (κ1) is 20.6. The number of anilines is 1. The van der Waals surface area contributed by atoms with Crippen molar-refractivity contribution in [3.63, 3.8) is 0 Å². The Kier molecular flexibility index (Phi) is 6.40. The van der Waals surface area contributed by atoms with Gasteiger partial charge in [0.25, 0.3) is 0 Å². The van der Waals surface area contributed by atoms with Gasteiger partial charge in [-0.15, -0.1) is 0 Å². The summed E-state index contributed by atoms with van der Waals surface area (Å²) < 4.78 is 0. The topological polar surface area (TPSA) is 110 Å². The Morgan fingerprint density at radius 3 is 2.40 bits per heavy atom. The smallest absolute Gasteiger partial charge is 0.320 e. The number of rotatable bonds is 4. The zero-order valence-electron chi connectivity index (χ0n) is 16.6. The van der Waals surface area contributed by atoms with E-state index in [-0.39, 0.29) is 17.4 Å². The summed E-state index contributed by atoms with van der Waals surface area (Å²) in [6.45, 7) is 3.69. The molecule has 0 saturated carbocycles. The van der Waals surface area contributed by atoms with Crippen LogP contribution >= 0.6 is 0 Å². The molecule has 3 aromatic rings. The molecular weight excluding hydrogens is 378 g/mol. The standard InChI is InChI=1S/C23H21N5O2/c1-15(2)26-23(30)28-21-13-19(22(24)29)12-20(27-21)18-9-7-16(8-10-18)5-6-17-4-3-11-25-14-17/h3-4,7-15H,1-2H3,(H2,24,29)(H2,26,27,28,30). The Hall–Kier alpha value is -4.18. The van der Waals surface area contributed by atoms with E-state index >= 15 is 0 Å². The second-order valence-corrected chi connectivity index (χ2v) is 6.81. The van der Waals surface area contributed by atoms with Crippen molar-refractivity contribution in [3.05, 3.63) is 77.6 Å². The average Bonchev–Trinajstić information content (AvgIpc) is 2.72. The Bertz CT molecular complexity index is 1110. The van der Waals surface area contributed by atoms with E-state index in [0.29, 0.717) is 5.69 Å². The van der Waals surface area contributed by atoms with Crippen LogP contribution in [-0.4, -0.2) is 27.9 Å². The van der Waals surface area contributed by atoms with Crippen molar-refractivity contribution in [2.75, 3.05) is 5.32 Å². The maximum atomic E-state index is 12.0. The summed E-state index contributed by atoms with van der Waals surface area (Å²) in [5, 5.41) is 5.34. The number of aromatic nitrogens is 2. The van der Waals surface area contributed by atoms with Crippen molar-refractivity contribution in [2.45, 2.75) is 19.9 Å². The molecule has 0 aliphatic rings. The molecule has 3 rings (SSSR count). The summed E-state index contributed by atoms with van der Waals surface area (Å²) in [5.74, 6) is 5.75. The van der Waals surface area contributed by atoms with E-state index in [9.17, 15) is 9.59 Å². The summed E-state index contributed by atoms with van der Waals surface area (Å²) in [6.07, 6.45) is 3.40. The van der Waals surface area contributed by atoms with E-state index < -0.39 is 11.9 Å². The molecule has 0 aliphatic heterocycles. The lowest BCUT2D eigenvalue weighted by Gasteiger charge is -2.12. The lowest BCUT2D eigenvalue weighted by molar-refractivity contribution is 0.1000. The number of hydrogen-bond acceptors (Lipinski definition) is 4. The highest BCUT2D eigenvalue weighted by Crippen LogP contribution is 2.22. The van der Waals surface area contributed by atoms with Gasteiger partial charge < -0.3 is 11.1 Å². The first-order valence-corrected chi connectivity index (χ1v) is 9.32. The molecule has 0 unspecified atom stereocenters. The number of amides is 3. The Morgan fingerprint density at radius 1 is 1.03 bits per heavy atom. The van der Waals surface area contributed by atoms with Gasteiger partial charge in [0.05, 0.1) is 5.69 Å². The van der Waals surface area contributed by atoms with Gasteiger partial charge in [0.1, 0.15) is 5.82 Å². The Morgan fingerprint density at radius 2 is 1.77 bits per heavy atom. The van der Waals surface area contributed by atoms with Crippen molar-refractivity contribution >= 4 is 17.8 Å². The molecule has 0 aliphatic carbocycles. The quantitative estimate of drug-likeness (QED) is 0.585. The highest BCUT2D eigenvalue weighted by molar-refractivity contribution is 5.96. The van der Waals surface area contributed by atoms with Gasteiger partial charge in [-0.3, -0.25) is 15.1 Å². The number of urea groups is 1. The van der Waals surface area contributed by atoms with Gasteiger partial charge in [0.15, 0.2) is 0 Å². The predicted octanol–water partition coefficient (Wildman–Crippen LogP) is 3.17. The number of carbonyl (C=O) groups excluding carboxylic acids is 2. The van der Waals surface area contributed by atoms with Crippen molar-refractivity contribution in [3.8, 4) is 23.1 Å². The van der Waals surface area contributed by atoms with Crippen LogP contribution in [0.5, 0.6) is 0 Å². The van der Waals surface area contributed by atoms with Crippen LogP contribution in [0.15, 0.2) is 60.9 Å². The molecule has 0 saturated heterocycles. The first-order chi connectivity index (χ1) is 14.4. The third-order valence-corrected chi connectivity index (χ3v) is 3.96. The molecule has 7 heteroatoms. The van der Waals surface area contributed by atoms with Crippen LogP contribution < -0.4 is 16.4 Å². The molecule has 150 valence electrons. The fourth-order valence-electron chi connectivity index (χ4n) is 2.60. The summed E-state index contributed by atoms with van der Waals surface area (Å²) in [5.41, 5.74) is 8.61. The Labute approximate surface area is 174 Å². The van der Waals surface area contributed by atoms with Gasteiger partial charge in [-0.2, -0.15) is 0 Å². The van der Waals surface area contributed by atoms with E-state index in [1.807, 2.05) is 50.2 Å². The van der Waals surface area contributed by atoms with Crippen LogP contribution in [0.1, 0.15) is 35.3 Å². The van der Waals surface area contributed by atoms with E-state index in [2.05, 4.69) is 32.4 Å². The van der Waals surface area contributed by atoms with Crippen LogP contribution in [0.3, 0.4) is 0 Å². The monoisotopic (exact) mass is 399 g/mol. The molecule has 0 atom stereocenters. The fraction of sp³-hybridized carbons (Fsp3) is 0.130. The minimum absolute atomic E-state index is 0.0379. The van der Waals surface area contributed by atoms with Crippen molar-refractivity contribution < 1.29 is 9.59 Å². The van der Waals surface area contributed by atoms with Crippen molar-refractivity contribution in [2.24, 2.45) is 5.73 Å². The lowest BCUT2D eigenvalue weighted by Crippen LogP contribution is -2.34. The zero-order chi connectivity index (χ0) is 21.5. The van der Waals surface area contributed by atoms with Crippen LogP contribution in [0.2, 0.25) is 0 Å². The van der Waals surface area contributed by atoms with Gasteiger partial charge in [0.2, 0.25) is 5.91 Å². The normalized spacial score (nSPS) is 10.1. The maximum Gasteiger partial charge on any atom is 0.320 e. The molecule has 2 heterocycles. The van der Waals surface area contributed by atoms with E-state index in [1.54, 1.807) is 18.5 Å². The highest BCUT2D eigenvalue weighted by atomic mass is 16.2. The van der Waals surface area contributed by atoms with Crippen LogP contribution in [0.25, 0.3) is 11.3 Å². The third kappa shape index (κ3) is 5.66. The number of nitrogens with two attached hydrogens (primary N) is 1. The molecular formula is C23H21N5O2. The van der Waals surface area contributed by atoms with E-state index in [4.69, 9.17) is 5.73 Å². The van der Waals surface area contributed by atoms with Gasteiger partial charge in [-0.1, -0.05) is 24.0 Å². The number of carbonyl (C=O) groups is 2. The molecule has 3 amide bonds. The number of primary amides is 1.